The van der Waals surface area contributed by atoms with Crippen molar-refractivity contribution >= 4 is 31.9 Å². The Morgan fingerprint density at radius 2 is 1.58 bits per heavy atom. The Labute approximate surface area is 128 Å². The molecule has 19 heavy (non-hydrogen) atoms. The van der Waals surface area contributed by atoms with Gasteiger partial charge in [-0.3, -0.25) is 5.84 Å². The van der Waals surface area contributed by atoms with Crippen LogP contribution in [0.15, 0.2) is 45.3 Å². The maximum Gasteiger partial charge on any atom is 0.123 e. The van der Waals surface area contributed by atoms with Gasteiger partial charge in [-0.25, -0.2) is 9.82 Å². The summed E-state index contributed by atoms with van der Waals surface area (Å²) in [7, 11) is 0. The van der Waals surface area contributed by atoms with Gasteiger partial charge in [-0.15, -0.1) is 0 Å². The Kier molecular flexibility index (Phi) is 4.73. The molecule has 0 spiro atoms. The highest BCUT2D eigenvalue weighted by molar-refractivity contribution is 9.11. The molecule has 0 aliphatic rings. The average Bonchev–Trinajstić information content (AvgIpc) is 2.27. The first-order chi connectivity index (χ1) is 8.99. The third-order valence-corrected chi connectivity index (χ3v) is 3.70. The molecule has 2 nitrogen and oxygen atoms in total. The van der Waals surface area contributed by atoms with Gasteiger partial charge in [-0.2, -0.15) is 0 Å². The number of aryl methyl sites for hydroxylation is 1. The molecule has 3 N–H and O–H groups in total. The molecule has 0 aromatic heterocycles. The van der Waals surface area contributed by atoms with E-state index in [0.29, 0.717) is 0 Å². The SMILES string of the molecule is Cc1cc(F)cc(C(NN)c2cc(Br)cc(Br)c2)c1. The fraction of sp³-hybridized carbons (Fsp3) is 0.143. The van der Waals surface area contributed by atoms with E-state index < -0.39 is 0 Å². The van der Waals surface area contributed by atoms with Crippen LogP contribution in [0.4, 0.5) is 4.39 Å². The summed E-state index contributed by atoms with van der Waals surface area (Å²) in [6.07, 6.45) is 0. The minimum Gasteiger partial charge on any atom is -0.271 e. The summed E-state index contributed by atoms with van der Waals surface area (Å²) in [5, 5.41) is 0. The first kappa shape index (κ1) is 14.7. The van der Waals surface area contributed by atoms with Gasteiger partial charge < -0.3 is 0 Å². The van der Waals surface area contributed by atoms with Crippen molar-refractivity contribution in [2.45, 2.75) is 13.0 Å². The largest absolute Gasteiger partial charge is 0.271 e. The highest BCUT2D eigenvalue weighted by atomic mass is 79.9. The summed E-state index contributed by atoms with van der Waals surface area (Å²) in [4.78, 5) is 0. The summed E-state index contributed by atoms with van der Waals surface area (Å²) < 4.78 is 15.4. The van der Waals surface area contributed by atoms with Crippen LogP contribution in [-0.4, -0.2) is 0 Å². The van der Waals surface area contributed by atoms with E-state index in [4.69, 9.17) is 5.84 Å². The zero-order valence-corrected chi connectivity index (χ0v) is 13.4. The van der Waals surface area contributed by atoms with E-state index in [1.54, 1.807) is 0 Å². The summed E-state index contributed by atoms with van der Waals surface area (Å²) in [5.41, 5.74) is 5.35. The topological polar surface area (TPSA) is 38.0 Å². The van der Waals surface area contributed by atoms with Crippen molar-refractivity contribution in [2.24, 2.45) is 5.84 Å². The predicted molar refractivity (Wildman–Crippen MR) is 82.1 cm³/mol. The molecule has 0 amide bonds. The molecule has 0 saturated heterocycles. The lowest BCUT2D eigenvalue weighted by atomic mass is 9.98. The normalized spacial score (nSPS) is 12.5. The Hall–Kier alpha value is -0.750. The van der Waals surface area contributed by atoms with E-state index in [2.05, 4.69) is 37.3 Å². The number of nitrogens with two attached hydrogens (primary N) is 1. The Bertz CT molecular complexity index is 510. The number of benzene rings is 2. The van der Waals surface area contributed by atoms with Crippen molar-refractivity contribution in [3.63, 3.8) is 0 Å². The van der Waals surface area contributed by atoms with Crippen LogP contribution < -0.4 is 11.3 Å². The number of hydrogen-bond acceptors (Lipinski definition) is 2. The minimum atomic E-state index is -0.261. The van der Waals surface area contributed by atoms with Crippen molar-refractivity contribution in [2.75, 3.05) is 0 Å². The smallest absolute Gasteiger partial charge is 0.123 e. The third kappa shape index (κ3) is 3.63. The second-order valence-electron chi connectivity index (χ2n) is 4.36. The molecule has 2 aromatic rings. The third-order valence-electron chi connectivity index (χ3n) is 2.78. The van der Waals surface area contributed by atoms with E-state index >= 15 is 0 Å². The first-order valence-electron chi connectivity index (χ1n) is 5.69. The van der Waals surface area contributed by atoms with Crippen molar-refractivity contribution < 1.29 is 4.39 Å². The van der Waals surface area contributed by atoms with Crippen molar-refractivity contribution in [3.05, 3.63) is 67.9 Å². The molecule has 0 heterocycles. The van der Waals surface area contributed by atoms with Crippen molar-refractivity contribution in [1.29, 1.82) is 0 Å². The molecule has 1 atom stereocenters. The van der Waals surface area contributed by atoms with Gasteiger partial charge in [0.1, 0.15) is 5.82 Å². The van der Waals surface area contributed by atoms with Gasteiger partial charge in [0.2, 0.25) is 0 Å². The van der Waals surface area contributed by atoms with Crippen LogP contribution in [0.2, 0.25) is 0 Å². The second-order valence-corrected chi connectivity index (χ2v) is 6.20. The van der Waals surface area contributed by atoms with Gasteiger partial charge >= 0.3 is 0 Å². The molecule has 0 bridgehead atoms. The van der Waals surface area contributed by atoms with E-state index in [1.807, 2.05) is 31.2 Å². The van der Waals surface area contributed by atoms with Crippen molar-refractivity contribution in [3.8, 4) is 0 Å². The van der Waals surface area contributed by atoms with Crippen LogP contribution >= 0.6 is 31.9 Å². The molecule has 0 aliphatic carbocycles. The molecule has 0 radical (unpaired) electrons. The van der Waals surface area contributed by atoms with Gasteiger partial charge in [0.25, 0.3) is 0 Å². The van der Waals surface area contributed by atoms with Gasteiger partial charge in [0, 0.05) is 8.95 Å². The van der Waals surface area contributed by atoms with Crippen LogP contribution in [0.5, 0.6) is 0 Å². The van der Waals surface area contributed by atoms with Crippen LogP contribution in [0, 0.1) is 12.7 Å². The van der Waals surface area contributed by atoms with Crippen LogP contribution in [-0.2, 0) is 0 Å². The standard InChI is InChI=1S/C14H13Br2FN2/c1-8-2-9(6-13(17)3-8)14(19-18)10-4-11(15)7-12(16)5-10/h2-7,14,19H,18H2,1H3. The molecular formula is C14H13Br2FN2. The monoisotopic (exact) mass is 386 g/mol. The summed E-state index contributed by atoms with van der Waals surface area (Å²) >= 11 is 6.88. The quantitative estimate of drug-likeness (QED) is 0.611. The van der Waals surface area contributed by atoms with Gasteiger partial charge in [-0.05, 0) is 53.9 Å². The Morgan fingerprint density at radius 1 is 1.00 bits per heavy atom. The highest BCUT2D eigenvalue weighted by Crippen LogP contribution is 2.28. The van der Waals surface area contributed by atoms with Crippen LogP contribution in [0.25, 0.3) is 0 Å². The van der Waals surface area contributed by atoms with Gasteiger partial charge in [-0.1, -0.05) is 37.9 Å². The maximum atomic E-state index is 13.5. The lowest BCUT2D eigenvalue weighted by molar-refractivity contribution is 0.603. The fourth-order valence-corrected chi connectivity index (χ4v) is 3.39. The van der Waals surface area contributed by atoms with Gasteiger partial charge in [0.05, 0.1) is 6.04 Å². The van der Waals surface area contributed by atoms with Gasteiger partial charge in [0.15, 0.2) is 0 Å². The minimum absolute atomic E-state index is 0.260. The number of nitrogens with one attached hydrogen (secondary N) is 1. The molecular weight excluding hydrogens is 375 g/mol. The maximum absolute atomic E-state index is 13.5. The molecule has 2 rings (SSSR count). The summed E-state index contributed by atoms with van der Waals surface area (Å²) in [5.74, 6) is 5.37. The van der Waals surface area contributed by atoms with Crippen molar-refractivity contribution in [1.82, 2.24) is 5.43 Å². The summed E-state index contributed by atoms with van der Waals surface area (Å²) in [6, 6.07) is 10.5. The molecule has 0 saturated carbocycles. The molecule has 5 heteroatoms. The van der Waals surface area contributed by atoms with Crippen LogP contribution in [0.1, 0.15) is 22.7 Å². The second kappa shape index (κ2) is 6.13. The Balaban J connectivity index is 2.49. The zero-order chi connectivity index (χ0) is 14.0. The molecule has 0 aliphatic heterocycles. The molecule has 2 aromatic carbocycles. The van der Waals surface area contributed by atoms with Crippen LogP contribution in [0.3, 0.4) is 0 Å². The zero-order valence-electron chi connectivity index (χ0n) is 10.3. The highest BCUT2D eigenvalue weighted by Gasteiger charge is 2.15. The number of hydrazine groups is 1. The predicted octanol–water partition coefficient (Wildman–Crippen LogP) is 4.21. The van der Waals surface area contributed by atoms with E-state index in [0.717, 1.165) is 25.6 Å². The summed E-state index contributed by atoms with van der Waals surface area (Å²) in [6.45, 7) is 1.86. The fourth-order valence-electron chi connectivity index (χ4n) is 2.06. The average molecular weight is 388 g/mol. The lowest BCUT2D eigenvalue weighted by Gasteiger charge is -2.18. The van der Waals surface area contributed by atoms with E-state index in [-0.39, 0.29) is 11.9 Å². The number of rotatable bonds is 3. The Morgan fingerprint density at radius 3 is 2.11 bits per heavy atom. The number of hydrogen-bond donors (Lipinski definition) is 2. The van der Waals surface area contributed by atoms with E-state index in [9.17, 15) is 4.39 Å². The first-order valence-corrected chi connectivity index (χ1v) is 7.27. The van der Waals surface area contributed by atoms with E-state index in [1.165, 1.54) is 12.1 Å². The number of halogens is 3. The molecule has 1 unspecified atom stereocenters. The molecule has 100 valence electrons. The molecule has 0 fully saturated rings. The lowest BCUT2D eigenvalue weighted by Crippen LogP contribution is -2.29.